The maximum atomic E-state index is 13.5. The molecule has 2 aromatic rings. The molecule has 2 rings (SSSR count). The molecule has 124 valence electrons. The van der Waals surface area contributed by atoms with Gasteiger partial charge < -0.3 is 5.32 Å². The number of hydrogen-bond donors (Lipinski definition) is 1. The van der Waals surface area contributed by atoms with Gasteiger partial charge in [0, 0.05) is 25.7 Å². The molecular weight excluding hydrogens is 287 g/mol. The minimum Gasteiger partial charge on any atom is -0.309 e. The van der Waals surface area contributed by atoms with Gasteiger partial charge in [0.25, 0.3) is 0 Å². The minimum atomic E-state index is -0.136. The number of aryl methyl sites for hydroxylation is 1. The Hall–Kier alpha value is -1.71. The predicted molar refractivity (Wildman–Crippen MR) is 94.7 cm³/mol. The SMILES string of the molecule is Cc1ccc(CNCc2cccc(CN(C)C(C)C)c2)cc1F. The molecule has 0 aliphatic carbocycles. The third-order valence-corrected chi connectivity index (χ3v) is 4.20. The van der Waals surface area contributed by atoms with E-state index in [4.69, 9.17) is 0 Å². The van der Waals surface area contributed by atoms with E-state index in [0.717, 1.165) is 18.7 Å². The van der Waals surface area contributed by atoms with Gasteiger partial charge in [0.2, 0.25) is 0 Å². The van der Waals surface area contributed by atoms with Crippen LogP contribution in [0.2, 0.25) is 0 Å². The van der Waals surface area contributed by atoms with E-state index in [1.807, 2.05) is 12.1 Å². The van der Waals surface area contributed by atoms with Crippen molar-refractivity contribution in [2.24, 2.45) is 0 Å². The Morgan fingerprint density at radius 2 is 1.65 bits per heavy atom. The van der Waals surface area contributed by atoms with Crippen molar-refractivity contribution < 1.29 is 4.39 Å². The molecule has 0 aromatic heterocycles. The highest BCUT2D eigenvalue weighted by atomic mass is 19.1. The van der Waals surface area contributed by atoms with Gasteiger partial charge in [-0.05, 0) is 56.1 Å². The molecule has 3 heteroatoms. The Morgan fingerprint density at radius 3 is 2.30 bits per heavy atom. The van der Waals surface area contributed by atoms with Crippen molar-refractivity contribution >= 4 is 0 Å². The molecule has 0 spiro atoms. The van der Waals surface area contributed by atoms with Crippen LogP contribution in [0.4, 0.5) is 4.39 Å². The van der Waals surface area contributed by atoms with Gasteiger partial charge in [-0.25, -0.2) is 4.39 Å². The molecule has 0 saturated heterocycles. The monoisotopic (exact) mass is 314 g/mol. The van der Waals surface area contributed by atoms with Crippen LogP contribution in [0.25, 0.3) is 0 Å². The fourth-order valence-corrected chi connectivity index (χ4v) is 2.41. The molecule has 0 fully saturated rings. The van der Waals surface area contributed by atoms with Gasteiger partial charge >= 0.3 is 0 Å². The van der Waals surface area contributed by atoms with E-state index in [-0.39, 0.29) is 5.82 Å². The highest BCUT2D eigenvalue weighted by Crippen LogP contribution is 2.11. The summed E-state index contributed by atoms with van der Waals surface area (Å²) < 4.78 is 13.5. The highest BCUT2D eigenvalue weighted by Gasteiger charge is 2.05. The van der Waals surface area contributed by atoms with E-state index in [1.165, 1.54) is 11.1 Å². The minimum absolute atomic E-state index is 0.136. The average Bonchev–Trinajstić information content (AvgIpc) is 2.51. The second-order valence-corrected chi connectivity index (χ2v) is 6.52. The largest absolute Gasteiger partial charge is 0.309 e. The standard InChI is InChI=1S/C20H27FN2/c1-15(2)23(4)14-19-7-5-6-17(10-19)12-22-13-18-9-8-16(3)20(21)11-18/h5-11,15,22H,12-14H2,1-4H3. The maximum Gasteiger partial charge on any atom is 0.126 e. The summed E-state index contributed by atoms with van der Waals surface area (Å²) in [6.45, 7) is 8.60. The first-order valence-corrected chi connectivity index (χ1v) is 8.19. The van der Waals surface area contributed by atoms with E-state index < -0.39 is 0 Å². The zero-order chi connectivity index (χ0) is 16.8. The molecule has 0 aliphatic heterocycles. The van der Waals surface area contributed by atoms with Crippen LogP contribution in [0.3, 0.4) is 0 Å². The van der Waals surface area contributed by atoms with Crippen molar-refractivity contribution in [2.75, 3.05) is 7.05 Å². The van der Waals surface area contributed by atoms with Crippen LogP contribution in [0.15, 0.2) is 42.5 Å². The van der Waals surface area contributed by atoms with Crippen LogP contribution >= 0.6 is 0 Å². The first-order valence-electron chi connectivity index (χ1n) is 8.19. The van der Waals surface area contributed by atoms with Crippen LogP contribution in [0, 0.1) is 12.7 Å². The van der Waals surface area contributed by atoms with Crippen molar-refractivity contribution in [3.8, 4) is 0 Å². The average molecular weight is 314 g/mol. The molecule has 0 saturated carbocycles. The fraction of sp³-hybridized carbons (Fsp3) is 0.400. The van der Waals surface area contributed by atoms with Crippen molar-refractivity contribution in [3.63, 3.8) is 0 Å². The first-order chi connectivity index (χ1) is 11.0. The summed E-state index contributed by atoms with van der Waals surface area (Å²) in [6, 6.07) is 14.6. The number of benzene rings is 2. The summed E-state index contributed by atoms with van der Waals surface area (Å²) in [5.41, 5.74) is 4.24. The zero-order valence-corrected chi connectivity index (χ0v) is 14.6. The fourth-order valence-electron chi connectivity index (χ4n) is 2.41. The van der Waals surface area contributed by atoms with Crippen molar-refractivity contribution in [3.05, 3.63) is 70.5 Å². The molecule has 2 nitrogen and oxygen atoms in total. The molecule has 2 aromatic carbocycles. The molecule has 0 unspecified atom stereocenters. The normalized spacial score (nSPS) is 11.4. The molecule has 0 heterocycles. The topological polar surface area (TPSA) is 15.3 Å². The maximum absolute atomic E-state index is 13.5. The van der Waals surface area contributed by atoms with Gasteiger partial charge in [-0.1, -0.05) is 36.4 Å². The zero-order valence-electron chi connectivity index (χ0n) is 14.6. The lowest BCUT2D eigenvalue weighted by Gasteiger charge is -2.21. The number of hydrogen-bond acceptors (Lipinski definition) is 2. The van der Waals surface area contributed by atoms with Gasteiger partial charge in [0.1, 0.15) is 5.82 Å². The second-order valence-electron chi connectivity index (χ2n) is 6.52. The van der Waals surface area contributed by atoms with Gasteiger partial charge in [-0.15, -0.1) is 0 Å². The molecule has 0 radical (unpaired) electrons. The summed E-state index contributed by atoms with van der Waals surface area (Å²) in [4.78, 5) is 2.32. The van der Waals surface area contributed by atoms with Crippen LogP contribution < -0.4 is 5.32 Å². The van der Waals surface area contributed by atoms with Crippen LogP contribution in [0.5, 0.6) is 0 Å². The Kier molecular flexibility index (Phi) is 6.31. The lowest BCUT2D eigenvalue weighted by Crippen LogP contribution is -2.25. The third kappa shape index (κ3) is 5.45. The Labute approximate surface area is 139 Å². The molecule has 0 aliphatic rings. The van der Waals surface area contributed by atoms with E-state index in [0.29, 0.717) is 18.2 Å². The summed E-state index contributed by atoms with van der Waals surface area (Å²) in [6.07, 6.45) is 0. The van der Waals surface area contributed by atoms with Crippen molar-refractivity contribution in [1.82, 2.24) is 10.2 Å². The molecular formula is C20H27FN2. The number of rotatable bonds is 7. The molecule has 1 N–H and O–H groups in total. The number of nitrogens with zero attached hydrogens (tertiary/aromatic N) is 1. The van der Waals surface area contributed by atoms with E-state index in [9.17, 15) is 4.39 Å². The quantitative estimate of drug-likeness (QED) is 0.821. The predicted octanol–water partition coefficient (Wildman–Crippen LogP) is 4.26. The van der Waals surface area contributed by atoms with Crippen LogP contribution in [-0.4, -0.2) is 18.0 Å². The van der Waals surface area contributed by atoms with E-state index >= 15 is 0 Å². The smallest absolute Gasteiger partial charge is 0.126 e. The Morgan fingerprint density at radius 1 is 1.00 bits per heavy atom. The molecule has 23 heavy (non-hydrogen) atoms. The lowest BCUT2D eigenvalue weighted by atomic mass is 10.1. The number of nitrogens with one attached hydrogen (secondary N) is 1. The summed E-state index contributed by atoms with van der Waals surface area (Å²) in [7, 11) is 2.14. The molecule has 0 bridgehead atoms. The van der Waals surface area contributed by atoms with Crippen molar-refractivity contribution in [1.29, 1.82) is 0 Å². The lowest BCUT2D eigenvalue weighted by molar-refractivity contribution is 0.266. The van der Waals surface area contributed by atoms with Crippen LogP contribution in [0.1, 0.15) is 36.1 Å². The summed E-state index contributed by atoms with van der Waals surface area (Å²) in [5, 5.41) is 3.39. The van der Waals surface area contributed by atoms with Gasteiger partial charge in [-0.2, -0.15) is 0 Å². The summed E-state index contributed by atoms with van der Waals surface area (Å²) in [5.74, 6) is -0.136. The van der Waals surface area contributed by atoms with E-state index in [2.05, 4.69) is 55.4 Å². The molecule has 0 atom stereocenters. The van der Waals surface area contributed by atoms with Crippen LogP contribution in [-0.2, 0) is 19.6 Å². The van der Waals surface area contributed by atoms with Crippen molar-refractivity contribution in [2.45, 2.75) is 46.4 Å². The third-order valence-electron chi connectivity index (χ3n) is 4.20. The van der Waals surface area contributed by atoms with E-state index in [1.54, 1.807) is 13.0 Å². The van der Waals surface area contributed by atoms with Gasteiger partial charge in [0.05, 0.1) is 0 Å². The molecule has 0 amide bonds. The number of halogens is 1. The highest BCUT2D eigenvalue weighted by molar-refractivity contribution is 5.25. The van der Waals surface area contributed by atoms with Gasteiger partial charge in [-0.3, -0.25) is 4.90 Å². The summed E-state index contributed by atoms with van der Waals surface area (Å²) >= 11 is 0. The van der Waals surface area contributed by atoms with Gasteiger partial charge in [0.15, 0.2) is 0 Å². The second kappa shape index (κ2) is 8.23. The first kappa shape index (κ1) is 17.6. The Balaban J connectivity index is 1.89. The Bertz CT molecular complexity index is 637.